The number of hydrogen-bond donors (Lipinski definition) is 0. The number of halogens is 1. The van der Waals surface area contributed by atoms with Gasteiger partial charge in [-0.25, -0.2) is 9.48 Å². The summed E-state index contributed by atoms with van der Waals surface area (Å²) >= 11 is 6.24. The number of carbonyl (C=O) groups excluding carboxylic acids is 2. The minimum absolute atomic E-state index is 0.0803. The van der Waals surface area contributed by atoms with Crippen LogP contribution in [0.4, 0.5) is 4.79 Å². The summed E-state index contributed by atoms with van der Waals surface area (Å²) in [6.07, 6.45) is 3.18. The summed E-state index contributed by atoms with van der Waals surface area (Å²) in [5.41, 5.74) is 1.20. The summed E-state index contributed by atoms with van der Waals surface area (Å²) in [5.74, 6) is -0.145. The minimum atomic E-state index is -0.300. The Hall–Kier alpha value is -2.54. The predicted molar refractivity (Wildman–Crippen MR) is 86.3 cm³/mol. The minimum Gasteiger partial charge on any atom is -0.447 e. The number of fused-ring (bicyclic) bond motifs is 1. The number of nitrogens with zero attached hydrogens (tertiary/aromatic N) is 4. The highest BCUT2D eigenvalue weighted by atomic mass is 35.5. The van der Waals surface area contributed by atoms with Crippen LogP contribution in [0.15, 0.2) is 36.7 Å². The Morgan fingerprint density at radius 1 is 1.33 bits per heavy atom. The van der Waals surface area contributed by atoms with Crippen molar-refractivity contribution in [2.75, 3.05) is 26.2 Å². The Morgan fingerprint density at radius 3 is 3.00 bits per heavy atom. The number of rotatable bonds is 2. The molecule has 7 nitrogen and oxygen atoms in total. The average molecular weight is 347 g/mol. The van der Waals surface area contributed by atoms with Gasteiger partial charge in [0, 0.05) is 32.0 Å². The normalized spacial score (nSPS) is 20.0. The van der Waals surface area contributed by atoms with Gasteiger partial charge in [-0.3, -0.25) is 9.69 Å². The summed E-state index contributed by atoms with van der Waals surface area (Å²) in [4.78, 5) is 27.8. The maximum Gasteiger partial charge on any atom is 0.410 e. The highest BCUT2D eigenvalue weighted by Crippen LogP contribution is 2.24. The molecule has 0 radical (unpaired) electrons. The van der Waals surface area contributed by atoms with Crippen molar-refractivity contribution in [2.24, 2.45) is 0 Å². The summed E-state index contributed by atoms with van der Waals surface area (Å²) in [6, 6.07) is 6.98. The molecule has 124 valence electrons. The third-order valence-corrected chi connectivity index (χ3v) is 4.68. The molecule has 8 heteroatoms. The molecule has 2 amide bonds. The van der Waals surface area contributed by atoms with Gasteiger partial charge in [0.05, 0.1) is 22.3 Å². The topological polar surface area (TPSA) is 67.7 Å². The zero-order chi connectivity index (χ0) is 16.7. The molecule has 1 aromatic heterocycles. The number of aromatic nitrogens is 2. The first kappa shape index (κ1) is 15.0. The van der Waals surface area contributed by atoms with Crippen LogP contribution in [0.5, 0.6) is 0 Å². The number of piperazine rings is 1. The molecule has 2 aliphatic heterocycles. The number of benzene rings is 1. The standard InChI is InChI=1S/C16H15ClN4O3/c17-14-3-2-11(21-5-1-4-18-21)8-13(14)15(22)19-6-7-20-12(9-19)10-24-16(20)23/h1-5,8,12H,6-7,9-10H2. The molecular weight excluding hydrogens is 332 g/mol. The van der Waals surface area contributed by atoms with Crippen LogP contribution in [0.1, 0.15) is 10.4 Å². The first-order valence-electron chi connectivity index (χ1n) is 7.66. The van der Waals surface area contributed by atoms with Crippen molar-refractivity contribution in [3.63, 3.8) is 0 Å². The molecule has 2 aromatic rings. The largest absolute Gasteiger partial charge is 0.447 e. The lowest BCUT2D eigenvalue weighted by atomic mass is 10.1. The maximum atomic E-state index is 12.9. The molecule has 2 saturated heterocycles. The highest BCUT2D eigenvalue weighted by Gasteiger charge is 2.39. The van der Waals surface area contributed by atoms with Gasteiger partial charge in [0.25, 0.3) is 5.91 Å². The van der Waals surface area contributed by atoms with E-state index in [4.69, 9.17) is 16.3 Å². The van der Waals surface area contributed by atoms with Gasteiger partial charge < -0.3 is 9.64 Å². The van der Waals surface area contributed by atoms with Crippen LogP contribution < -0.4 is 0 Å². The molecule has 24 heavy (non-hydrogen) atoms. The first-order valence-corrected chi connectivity index (χ1v) is 8.03. The smallest absolute Gasteiger partial charge is 0.410 e. The molecule has 1 aromatic carbocycles. The van der Waals surface area contributed by atoms with E-state index in [2.05, 4.69) is 5.10 Å². The van der Waals surface area contributed by atoms with Crippen molar-refractivity contribution in [3.05, 3.63) is 47.2 Å². The van der Waals surface area contributed by atoms with Crippen molar-refractivity contribution in [1.82, 2.24) is 19.6 Å². The molecule has 0 saturated carbocycles. The van der Waals surface area contributed by atoms with E-state index in [9.17, 15) is 9.59 Å². The Morgan fingerprint density at radius 2 is 2.21 bits per heavy atom. The predicted octanol–water partition coefficient (Wildman–Crippen LogP) is 1.80. The van der Waals surface area contributed by atoms with Crippen LogP contribution >= 0.6 is 11.6 Å². The summed E-state index contributed by atoms with van der Waals surface area (Å²) < 4.78 is 6.71. The molecule has 0 spiro atoms. The van der Waals surface area contributed by atoms with Gasteiger partial charge in [-0.15, -0.1) is 0 Å². The molecule has 4 rings (SSSR count). The average Bonchev–Trinajstić information content (AvgIpc) is 3.25. The molecule has 2 fully saturated rings. The fourth-order valence-corrected chi connectivity index (χ4v) is 3.28. The van der Waals surface area contributed by atoms with Crippen LogP contribution in [0.25, 0.3) is 5.69 Å². The summed E-state index contributed by atoms with van der Waals surface area (Å²) in [7, 11) is 0. The van der Waals surface area contributed by atoms with Crippen molar-refractivity contribution in [3.8, 4) is 5.69 Å². The maximum absolute atomic E-state index is 12.9. The van der Waals surface area contributed by atoms with E-state index in [1.54, 1.807) is 39.0 Å². The van der Waals surface area contributed by atoms with Crippen LogP contribution in [0.3, 0.4) is 0 Å². The third-order valence-electron chi connectivity index (χ3n) is 4.35. The van der Waals surface area contributed by atoms with E-state index in [0.717, 1.165) is 5.69 Å². The molecule has 3 heterocycles. The third kappa shape index (κ3) is 2.50. The lowest BCUT2D eigenvalue weighted by Crippen LogP contribution is -2.53. The molecule has 1 unspecified atom stereocenters. The number of ether oxygens (including phenoxy) is 1. The Bertz CT molecular complexity index is 793. The second-order valence-corrected chi connectivity index (χ2v) is 6.20. The number of carbonyl (C=O) groups is 2. The molecule has 2 aliphatic rings. The summed E-state index contributed by atoms with van der Waals surface area (Å²) in [5, 5.41) is 4.57. The van der Waals surface area contributed by atoms with Gasteiger partial charge in [-0.1, -0.05) is 11.6 Å². The van der Waals surface area contributed by atoms with Crippen molar-refractivity contribution in [2.45, 2.75) is 6.04 Å². The van der Waals surface area contributed by atoms with E-state index >= 15 is 0 Å². The quantitative estimate of drug-likeness (QED) is 0.831. The monoisotopic (exact) mass is 346 g/mol. The van der Waals surface area contributed by atoms with Crippen molar-refractivity contribution in [1.29, 1.82) is 0 Å². The second-order valence-electron chi connectivity index (χ2n) is 5.79. The number of hydrogen-bond acceptors (Lipinski definition) is 4. The van der Waals surface area contributed by atoms with E-state index in [1.165, 1.54) is 0 Å². The number of amides is 2. The van der Waals surface area contributed by atoms with E-state index in [1.807, 2.05) is 12.1 Å². The first-order chi connectivity index (χ1) is 11.6. The molecule has 0 N–H and O–H groups in total. The Kier molecular flexibility index (Phi) is 3.65. The van der Waals surface area contributed by atoms with Crippen molar-refractivity contribution >= 4 is 23.6 Å². The lowest BCUT2D eigenvalue weighted by Gasteiger charge is -2.35. The van der Waals surface area contributed by atoms with Gasteiger partial charge in [-0.05, 0) is 24.3 Å². The molecular formula is C16H15ClN4O3. The number of cyclic esters (lactones) is 1. The zero-order valence-electron chi connectivity index (χ0n) is 12.8. The molecule has 0 aliphatic carbocycles. The van der Waals surface area contributed by atoms with Crippen LogP contribution in [-0.4, -0.2) is 63.9 Å². The SMILES string of the molecule is O=C(c1cc(-n2cccn2)ccc1Cl)N1CCN2C(=O)OCC2C1. The molecule has 1 atom stereocenters. The van der Waals surface area contributed by atoms with E-state index < -0.39 is 0 Å². The Balaban J connectivity index is 1.58. The molecule has 0 bridgehead atoms. The van der Waals surface area contributed by atoms with E-state index in [-0.39, 0.29) is 18.0 Å². The van der Waals surface area contributed by atoms with Gasteiger partial charge in [0.1, 0.15) is 6.61 Å². The Labute approximate surface area is 143 Å². The van der Waals surface area contributed by atoms with Crippen molar-refractivity contribution < 1.29 is 14.3 Å². The zero-order valence-corrected chi connectivity index (χ0v) is 13.5. The van der Waals surface area contributed by atoms with Gasteiger partial charge in [0.2, 0.25) is 0 Å². The van der Waals surface area contributed by atoms with Crippen LogP contribution in [0, 0.1) is 0 Å². The highest BCUT2D eigenvalue weighted by molar-refractivity contribution is 6.33. The van der Waals surface area contributed by atoms with Crippen LogP contribution in [-0.2, 0) is 4.74 Å². The van der Waals surface area contributed by atoms with E-state index in [0.29, 0.717) is 36.8 Å². The van der Waals surface area contributed by atoms with Crippen LogP contribution in [0.2, 0.25) is 5.02 Å². The fraction of sp³-hybridized carbons (Fsp3) is 0.312. The van der Waals surface area contributed by atoms with Gasteiger partial charge in [-0.2, -0.15) is 5.10 Å². The lowest BCUT2D eigenvalue weighted by molar-refractivity contribution is 0.0617. The fourth-order valence-electron chi connectivity index (χ4n) is 3.08. The van der Waals surface area contributed by atoms with Gasteiger partial charge in [0.15, 0.2) is 0 Å². The van der Waals surface area contributed by atoms with Gasteiger partial charge >= 0.3 is 6.09 Å². The second kappa shape index (κ2) is 5.83. The summed E-state index contributed by atoms with van der Waals surface area (Å²) in [6.45, 7) is 1.72.